The summed E-state index contributed by atoms with van der Waals surface area (Å²) in [5.74, 6) is -0.0357. The van der Waals surface area contributed by atoms with Crippen molar-refractivity contribution in [3.63, 3.8) is 0 Å². The number of rotatable bonds is 2. The molecule has 0 saturated carbocycles. The predicted octanol–water partition coefficient (Wildman–Crippen LogP) is 1.58. The fraction of sp³-hybridized carbons (Fsp3) is 0.0909. The van der Waals surface area contributed by atoms with Gasteiger partial charge in [0.25, 0.3) is 5.56 Å². The molecule has 0 radical (unpaired) electrons. The number of hydrogen-bond donors (Lipinski definition) is 1. The Balaban J connectivity index is 2.68. The molecule has 0 bridgehead atoms. The SMILES string of the molecule is COc1ccc(F)cc1-c1ncc[nH]c1=O. The van der Waals surface area contributed by atoms with Gasteiger partial charge in [0.2, 0.25) is 0 Å². The monoisotopic (exact) mass is 220 g/mol. The lowest BCUT2D eigenvalue weighted by molar-refractivity contribution is 0.415. The normalized spacial score (nSPS) is 10.1. The van der Waals surface area contributed by atoms with Gasteiger partial charge in [0.05, 0.1) is 12.7 Å². The van der Waals surface area contributed by atoms with Gasteiger partial charge in [-0.15, -0.1) is 0 Å². The van der Waals surface area contributed by atoms with Crippen LogP contribution in [0, 0.1) is 5.82 Å². The molecule has 5 heteroatoms. The molecule has 0 saturated heterocycles. The van der Waals surface area contributed by atoms with Crippen LogP contribution in [0.15, 0.2) is 35.4 Å². The Morgan fingerprint density at radius 3 is 2.94 bits per heavy atom. The maximum absolute atomic E-state index is 13.1. The van der Waals surface area contributed by atoms with E-state index in [2.05, 4.69) is 9.97 Å². The zero-order valence-electron chi connectivity index (χ0n) is 8.53. The minimum atomic E-state index is -0.444. The van der Waals surface area contributed by atoms with Gasteiger partial charge in [-0.1, -0.05) is 0 Å². The molecule has 2 aromatic rings. The minimum Gasteiger partial charge on any atom is -0.496 e. The fourth-order valence-corrected chi connectivity index (χ4v) is 1.41. The van der Waals surface area contributed by atoms with E-state index in [1.807, 2.05) is 0 Å². The molecule has 4 nitrogen and oxygen atoms in total. The largest absolute Gasteiger partial charge is 0.496 e. The molecular formula is C11H9FN2O2. The van der Waals surface area contributed by atoms with Crippen molar-refractivity contribution in [3.8, 4) is 17.0 Å². The number of benzene rings is 1. The van der Waals surface area contributed by atoms with E-state index in [9.17, 15) is 9.18 Å². The van der Waals surface area contributed by atoms with Gasteiger partial charge < -0.3 is 9.72 Å². The van der Waals surface area contributed by atoms with Crippen molar-refractivity contribution in [1.82, 2.24) is 9.97 Å². The van der Waals surface area contributed by atoms with Crippen molar-refractivity contribution < 1.29 is 9.13 Å². The van der Waals surface area contributed by atoms with Gasteiger partial charge in [-0.05, 0) is 18.2 Å². The van der Waals surface area contributed by atoms with Gasteiger partial charge >= 0.3 is 0 Å². The Morgan fingerprint density at radius 2 is 2.25 bits per heavy atom. The zero-order valence-corrected chi connectivity index (χ0v) is 8.53. The number of ether oxygens (including phenoxy) is 1. The van der Waals surface area contributed by atoms with Crippen molar-refractivity contribution in [2.24, 2.45) is 0 Å². The first-order valence-corrected chi connectivity index (χ1v) is 4.60. The highest BCUT2D eigenvalue weighted by Gasteiger charge is 2.11. The van der Waals surface area contributed by atoms with E-state index in [4.69, 9.17) is 4.74 Å². The molecule has 0 aliphatic carbocycles. The molecule has 0 atom stereocenters. The van der Waals surface area contributed by atoms with Crippen LogP contribution in [0.25, 0.3) is 11.3 Å². The van der Waals surface area contributed by atoms with Gasteiger partial charge in [-0.2, -0.15) is 0 Å². The first-order valence-electron chi connectivity index (χ1n) is 4.60. The number of hydrogen-bond acceptors (Lipinski definition) is 3. The summed E-state index contributed by atoms with van der Waals surface area (Å²) in [7, 11) is 1.45. The molecule has 0 aliphatic heterocycles. The Kier molecular flexibility index (Phi) is 2.68. The van der Waals surface area contributed by atoms with E-state index >= 15 is 0 Å². The van der Waals surface area contributed by atoms with E-state index in [1.165, 1.54) is 37.7 Å². The fourth-order valence-electron chi connectivity index (χ4n) is 1.41. The number of aromatic nitrogens is 2. The van der Waals surface area contributed by atoms with Crippen molar-refractivity contribution in [2.75, 3.05) is 7.11 Å². The summed E-state index contributed by atoms with van der Waals surface area (Å²) in [6.07, 6.45) is 2.85. The highest BCUT2D eigenvalue weighted by molar-refractivity contribution is 5.66. The molecule has 0 aliphatic rings. The third-order valence-corrected chi connectivity index (χ3v) is 2.12. The zero-order chi connectivity index (χ0) is 11.5. The summed E-state index contributed by atoms with van der Waals surface area (Å²) in [6.45, 7) is 0. The summed E-state index contributed by atoms with van der Waals surface area (Å²) in [5.41, 5.74) is 0.0922. The van der Waals surface area contributed by atoms with Crippen molar-refractivity contribution in [1.29, 1.82) is 0 Å². The molecule has 0 spiro atoms. The van der Waals surface area contributed by atoms with E-state index in [0.717, 1.165) is 0 Å². The van der Waals surface area contributed by atoms with Crippen LogP contribution in [0.5, 0.6) is 5.75 Å². The smallest absolute Gasteiger partial charge is 0.274 e. The number of halogens is 1. The van der Waals surface area contributed by atoms with Crippen molar-refractivity contribution in [2.45, 2.75) is 0 Å². The topological polar surface area (TPSA) is 55.0 Å². The lowest BCUT2D eigenvalue weighted by Crippen LogP contribution is -2.10. The third kappa shape index (κ3) is 1.79. The first kappa shape index (κ1) is 10.4. The molecule has 16 heavy (non-hydrogen) atoms. The van der Waals surface area contributed by atoms with Gasteiger partial charge in [0.1, 0.15) is 17.3 Å². The number of methoxy groups -OCH3 is 1. The number of nitrogens with zero attached hydrogens (tertiary/aromatic N) is 1. The van der Waals surface area contributed by atoms with Crippen LogP contribution >= 0.6 is 0 Å². The van der Waals surface area contributed by atoms with Gasteiger partial charge in [-0.25, -0.2) is 9.37 Å². The van der Waals surface area contributed by atoms with E-state index in [0.29, 0.717) is 11.3 Å². The molecule has 2 rings (SSSR count). The standard InChI is InChI=1S/C11H9FN2O2/c1-16-9-3-2-7(12)6-8(9)10-11(15)14-5-4-13-10/h2-6H,1H3,(H,14,15). The lowest BCUT2D eigenvalue weighted by Gasteiger charge is -2.06. The predicted molar refractivity (Wildman–Crippen MR) is 56.8 cm³/mol. The Hall–Kier alpha value is -2.17. The lowest BCUT2D eigenvalue weighted by atomic mass is 10.1. The highest BCUT2D eigenvalue weighted by atomic mass is 19.1. The highest BCUT2D eigenvalue weighted by Crippen LogP contribution is 2.26. The van der Waals surface area contributed by atoms with Gasteiger partial charge in [-0.3, -0.25) is 4.79 Å². The van der Waals surface area contributed by atoms with Crippen molar-refractivity contribution in [3.05, 3.63) is 46.8 Å². The summed E-state index contributed by atoms with van der Waals surface area (Å²) in [5, 5.41) is 0. The Labute approximate surface area is 90.7 Å². The second-order valence-corrected chi connectivity index (χ2v) is 3.11. The summed E-state index contributed by atoms with van der Waals surface area (Å²) < 4.78 is 18.2. The Morgan fingerprint density at radius 1 is 1.44 bits per heavy atom. The van der Waals surface area contributed by atoms with Crippen LogP contribution in [0.1, 0.15) is 0 Å². The van der Waals surface area contributed by atoms with Crippen LogP contribution in [0.4, 0.5) is 4.39 Å². The molecule has 1 N–H and O–H groups in total. The van der Waals surface area contributed by atoms with Crippen LogP contribution in [-0.2, 0) is 0 Å². The van der Waals surface area contributed by atoms with Gasteiger partial charge in [0, 0.05) is 12.4 Å². The molecule has 1 heterocycles. The minimum absolute atomic E-state index is 0.138. The molecular weight excluding hydrogens is 211 g/mol. The molecule has 0 amide bonds. The third-order valence-electron chi connectivity index (χ3n) is 2.12. The van der Waals surface area contributed by atoms with Crippen LogP contribution in [-0.4, -0.2) is 17.1 Å². The quantitative estimate of drug-likeness (QED) is 0.836. The molecule has 0 fully saturated rings. The average molecular weight is 220 g/mol. The van der Waals surface area contributed by atoms with E-state index in [1.54, 1.807) is 0 Å². The number of nitrogens with one attached hydrogen (secondary N) is 1. The van der Waals surface area contributed by atoms with E-state index < -0.39 is 5.82 Å². The first-order chi connectivity index (χ1) is 7.72. The molecule has 1 aromatic carbocycles. The summed E-state index contributed by atoms with van der Waals surface area (Å²) in [4.78, 5) is 17.9. The Bertz CT molecular complexity index is 566. The number of aromatic amines is 1. The van der Waals surface area contributed by atoms with Crippen molar-refractivity contribution >= 4 is 0 Å². The molecule has 0 unspecified atom stereocenters. The van der Waals surface area contributed by atoms with Crippen LogP contribution < -0.4 is 10.3 Å². The van der Waals surface area contributed by atoms with Gasteiger partial charge in [0.15, 0.2) is 0 Å². The van der Waals surface area contributed by atoms with Crippen LogP contribution in [0.3, 0.4) is 0 Å². The van der Waals surface area contributed by atoms with Crippen LogP contribution in [0.2, 0.25) is 0 Å². The average Bonchev–Trinajstić information content (AvgIpc) is 2.29. The molecule has 1 aromatic heterocycles. The maximum Gasteiger partial charge on any atom is 0.274 e. The molecule has 82 valence electrons. The summed E-state index contributed by atoms with van der Waals surface area (Å²) in [6, 6.07) is 3.94. The number of H-pyrrole nitrogens is 1. The van der Waals surface area contributed by atoms with E-state index in [-0.39, 0.29) is 11.3 Å². The maximum atomic E-state index is 13.1. The summed E-state index contributed by atoms with van der Waals surface area (Å²) >= 11 is 0. The second kappa shape index (κ2) is 4.14. The second-order valence-electron chi connectivity index (χ2n) is 3.11.